The molecule has 2 N–H and O–H groups in total. The summed E-state index contributed by atoms with van der Waals surface area (Å²) in [6.45, 7) is 1.89. The van der Waals surface area contributed by atoms with Crippen LogP contribution >= 0.6 is 11.3 Å². The Hall–Kier alpha value is -3.32. The highest BCUT2D eigenvalue weighted by Crippen LogP contribution is 2.27. The molecule has 0 atom stereocenters. The molecule has 2 aromatic rings. The molecule has 0 aliphatic rings. The molecular formula is C14H11N5O4S. The van der Waals surface area contributed by atoms with Crippen molar-refractivity contribution in [2.45, 2.75) is 13.3 Å². The molecule has 0 unspecified atom stereocenters. The van der Waals surface area contributed by atoms with Crippen molar-refractivity contribution in [2.75, 3.05) is 5.32 Å². The lowest BCUT2D eigenvalue weighted by Gasteiger charge is -2.01. The van der Waals surface area contributed by atoms with Gasteiger partial charge >= 0.3 is 5.69 Å². The third-order valence-corrected chi connectivity index (χ3v) is 3.85. The molecule has 0 aliphatic carbocycles. The Morgan fingerprint density at radius 1 is 1.54 bits per heavy atom. The van der Waals surface area contributed by atoms with Gasteiger partial charge in [-0.1, -0.05) is 24.3 Å². The van der Waals surface area contributed by atoms with Gasteiger partial charge in [0, 0.05) is 6.07 Å². The van der Waals surface area contributed by atoms with E-state index in [9.17, 15) is 20.0 Å². The first-order valence-electron chi connectivity index (χ1n) is 6.67. The summed E-state index contributed by atoms with van der Waals surface area (Å²) in [6, 6.07) is 5.27. The third kappa shape index (κ3) is 3.90. The third-order valence-electron chi connectivity index (χ3n) is 2.86. The molecule has 1 aromatic carbocycles. The molecule has 0 saturated carbocycles. The van der Waals surface area contributed by atoms with Crippen LogP contribution in [0.2, 0.25) is 0 Å². The molecule has 10 heteroatoms. The van der Waals surface area contributed by atoms with Gasteiger partial charge in [-0.15, -0.1) is 10.2 Å². The quantitative estimate of drug-likeness (QED) is 0.366. The second-order valence-corrected chi connectivity index (χ2v) is 5.55. The van der Waals surface area contributed by atoms with E-state index < -0.39 is 22.3 Å². The highest BCUT2D eigenvalue weighted by Gasteiger charge is 2.16. The molecule has 0 radical (unpaired) electrons. The van der Waals surface area contributed by atoms with Gasteiger partial charge in [-0.05, 0) is 24.1 Å². The van der Waals surface area contributed by atoms with Gasteiger partial charge in [-0.2, -0.15) is 5.26 Å². The number of nitriles is 1. The number of benzene rings is 1. The van der Waals surface area contributed by atoms with Crippen LogP contribution in [0.15, 0.2) is 23.8 Å². The Morgan fingerprint density at radius 3 is 2.88 bits per heavy atom. The molecule has 2 rings (SSSR count). The van der Waals surface area contributed by atoms with Crippen LogP contribution in [0.25, 0.3) is 6.08 Å². The average Bonchev–Trinajstić information content (AvgIpc) is 3.01. The van der Waals surface area contributed by atoms with Crippen molar-refractivity contribution in [2.24, 2.45) is 0 Å². The largest absolute Gasteiger partial charge is 0.502 e. The number of amides is 1. The summed E-state index contributed by atoms with van der Waals surface area (Å²) in [7, 11) is 0. The second kappa shape index (κ2) is 7.30. The number of aromatic hydroxyl groups is 1. The van der Waals surface area contributed by atoms with Crippen molar-refractivity contribution in [1.82, 2.24) is 10.2 Å². The molecule has 0 bridgehead atoms. The second-order valence-electron chi connectivity index (χ2n) is 4.48. The minimum atomic E-state index is -0.758. The van der Waals surface area contributed by atoms with Gasteiger partial charge in [0.15, 0.2) is 5.75 Å². The van der Waals surface area contributed by atoms with E-state index in [4.69, 9.17) is 5.26 Å². The Bertz CT molecular complexity index is 868. The van der Waals surface area contributed by atoms with Crippen LogP contribution in [0, 0.1) is 21.4 Å². The van der Waals surface area contributed by atoms with Gasteiger partial charge in [-0.25, -0.2) is 0 Å². The number of carbonyl (C=O) groups is 1. The molecule has 1 heterocycles. The van der Waals surface area contributed by atoms with E-state index in [2.05, 4.69) is 15.5 Å². The lowest BCUT2D eigenvalue weighted by atomic mass is 10.1. The molecular weight excluding hydrogens is 334 g/mol. The van der Waals surface area contributed by atoms with Crippen LogP contribution < -0.4 is 5.32 Å². The summed E-state index contributed by atoms with van der Waals surface area (Å²) in [6.07, 6.45) is 1.86. The summed E-state index contributed by atoms with van der Waals surface area (Å²) >= 11 is 1.19. The van der Waals surface area contributed by atoms with Crippen LogP contribution in [0.1, 0.15) is 17.5 Å². The molecule has 1 aromatic heterocycles. The maximum atomic E-state index is 12.1. The molecule has 0 aliphatic heterocycles. The van der Waals surface area contributed by atoms with Gasteiger partial charge < -0.3 is 5.11 Å². The topological polar surface area (TPSA) is 142 Å². The number of hydrogen-bond acceptors (Lipinski definition) is 8. The van der Waals surface area contributed by atoms with E-state index in [0.29, 0.717) is 6.42 Å². The summed E-state index contributed by atoms with van der Waals surface area (Å²) in [5.74, 6) is -1.20. The van der Waals surface area contributed by atoms with Gasteiger partial charge in [0.05, 0.1) is 4.92 Å². The predicted octanol–water partition coefficient (Wildman–Crippen LogP) is 2.26. The number of phenolic OH excluding ortho intramolecular Hbond substituents is 1. The number of nitrogens with one attached hydrogen (secondary N) is 1. The monoisotopic (exact) mass is 345 g/mol. The fourth-order valence-corrected chi connectivity index (χ4v) is 2.38. The van der Waals surface area contributed by atoms with E-state index in [0.717, 1.165) is 17.1 Å². The van der Waals surface area contributed by atoms with E-state index in [1.807, 2.05) is 6.92 Å². The van der Waals surface area contributed by atoms with Crippen molar-refractivity contribution in [1.29, 1.82) is 5.26 Å². The zero-order valence-electron chi connectivity index (χ0n) is 12.4. The molecule has 1 amide bonds. The van der Waals surface area contributed by atoms with Crippen molar-refractivity contribution in [3.63, 3.8) is 0 Å². The smallest absolute Gasteiger partial charge is 0.311 e. The van der Waals surface area contributed by atoms with Crippen LogP contribution in [0.5, 0.6) is 5.75 Å². The first-order valence-corrected chi connectivity index (χ1v) is 7.49. The summed E-state index contributed by atoms with van der Waals surface area (Å²) in [5.41, 5.74) is -0.542. The van der Waals surface area contributed by atoms with E-state index in [1.165, 1.54) is 23.5 Å². The Morgan fingerprint density at radius 2 is 2.29 bits per heavy atom. The lowest BCUT2D eigenvalue weighted by molar-refractivity contribution is -0.385. The number of nitrogens with zero attached hydrogens (tertiary/aromatic N) is 4. The molecule has 122 valence electrons. The van der Waals surface area contributed by atoms with E-state index in [1.54, 1.807) is 6.07 Å². The van der Waals surface area contributed by atoms with Gasteiger partial charge in [-0.3, -0.25) is 20.2 Å². The highest BCUT2D eigenvalue weighted by molar-refractivity contribution is 7.15. The Balaban J connectivity index is 2.25. The zero-order chi connectivity index (χ0) is 17.7. The minimum Gasteiger partial charge on any atom is -0.502 e. The van der Waals surface area contributed by atoms with Crippen LogP contribution in [0.3, 0.4) is 0 Å². The van der Waals surface area contributed by atoms with Crippen LogP contribution in [-0.2, 0) is 11.2 Å². The maximum absolute atomic E-state index is 12.1. The number of nitro benzene ring substituents is 1. The van der Waals surface area contributed by atoms with Gasteiger partial charge in [0.1, 0.15) is 16.6 Å². The first kappa shape index (κ1) is 17.0. The maximum Gasteiger partial charge on any atom is 0.311 e. The Labute approximate surface area is 140 Å². The van der Waals surface area contributed by atoms with Gasteiger partial charge in [0.2, 0.25) is 5.13 Å². The van der Waals surface area contributed by atoms with Crippen LogP contribution in [0.4, 0.5) is 10.8 Å². The number of aryl methyl sites for hydroxylation is 1. The van der Waals surface area contributed by atoms with E-state index in [-0.39, 0.29) is 16.3 Å². The predicted molar refractivity (Wildman–Crippen MR) is 86.3 cm³/mol. The van der Waals surface area contributed by atoms with Crippen LogP contribution in [-0.4, -0.2) is 26.1 Å². The van der Waals surface area contributed by atoms with Crippen molar-refractivity contribution < 1.29 is 14.8 Å². The standard InChI is InChI=1S/C14H11N5O4S/c1-2-12-17-18-14(24-12)16-13(21)9(7-15)5-8-3-4-11(20)10(6-8)19(22)23/h3-6,20H,2H2,1H3,(H,16,18,21)/b9-5+. The number of carbonyl (C=O) groups excluding carboxylic acids is 1. The molecule has 0 saturated heterocycles. The number of hydrogen-bond donors (Lipinski definition) is 2. The number of aromatic nitrogens is 2. The van der Waals surface area contributed by atoms with Crippen molar-refractivity contribution in [3.8, 4) is 11.8 Å². The number of phenols is 1. The fraction of sp³-hybridized carbons (Fsp3) is 0.143. The van der Waals surface area contributed by atoms with Crippen molar-refractivity contribution in [3.05, 3.63) is 44.5 Å². The summed E-state index contributed by atoms with van der Waals surface area (Å²) < 4.78 is 0. The number of anilines is 1. The SMILES string of the molecule is CCc1nnc(NC(=O)/C(C#N)=C/c2ccc(O)c([N+](=O)[O-])c2)s1. The zero-order valence-corrected chi connectivity index (χ0v) is 13.2. The lowest BCUT2D eigenvalue weighted by Crippen LogP contribution is -2.13. The molecule has 0 fully saturated rings. The van der Waals surface area contributed by atoms with Crippen molar-refractivity contribution >= 4 is 34.1 Å². The molecule has 24 heavy (non-hydrogen) atoms. The number of nitro groups is 1. The fourth-order valence-electron chi connectivity index (χ4n) is 1.70. The van der Waals surface area contributed by atoms with E-state index >= 15 is 0 Å². The average molecular weight is 345 g/mol. The van der Waals surface area contributed by atoms with Gasteiger partial charge in [0.25, 0.3) is 5.91 Å². The Kier molecular flexibility index (Phi) is 5.18. The molecule has 0 spiro atoms. The normalized spacial score (nSPS) is 10.9. The molecule has 9 nitrogen and oxygen atoms in total. The number of rotatable bonds is 5. The highest BCUT2D eigenvalue weighted by atomic mass is 32.1. The first-order chi connectivity index (χ1) is 11.4. The summed E-state index contributed by atoms with van der Waals surface area (Å²) in [5, 5.41) is 40.4. The minimum absolute atomic E-state index is 0.234. The summed E-state index contributed by atoms with van der Waals surface area (Å²) in [4.78, 5) is 22.1.